The van der Waals surface area contributed by atoms with Crippen LogP contribution in [0.5, 0.6) is 0 Å². The normalized spacial score (nSPS) is 10.9. The van der Waals surface area contributed by atoms with Crippen LogP contribution in [0.2, 0.25) is 0 Å². The molecule has 5 nitrogen and oxygen atoms in total. The van der Waals surface area contributed by atoms with E-state index in [2.05, 4.69) is 10.1 Å². The second-order valence-electron chi connectivity index (χ2n) is 5.69. The number of esters is 1. The van der Waals surface area contributed by atoms with Crippen molar-refractivity contribution in [3.8, 4) is 10.6 Å². The molecule has 3 aromatic rings. The van der Waals surface area contributed by atoms with E-state index in [-0.39, 0.29) is 11.8 Å². The number of benzene rings is 1. The van der Waals surface area contributed by atoms with Crippen molar-refractivity contribution in [3.63, 3.8) is 0 Å². The van der Waals surface area contributed by atoms with Crippen molar-refractivity contribution in [2.75, 3.05) is 6.61 Å². The van der Waals surface area contributed by atoms with Crippen LogP contribution in [0.1, 0.15) is 33.4 Å². The molecule has 1 aromatic carbocycles. The minimum Gasteiger partial charge on any atom is -0.462 e. The molecule has 0 atom stereocenters. The highest BCUT2D eigenvalue weighted by molar-refractivity contribution is 7.15. The Morgan fingerprint density at radius 1 is 1.32 bits per heavy atom. The first-order valence-electron chi connectivity index (χ1n) is 7.89. The minimum atomic E-state index is -0.389. The van der Waals surface area contributed by atoms with Crippen molar-refractivity contribution >= 4 is 17.3 Å². The van der Waals surface area contributed by atoms with E-state index in [0.29, 0.717) is 18.7 Å². The van der Waals surface area contributed by atoms with Crippen molar-refractivity contribution in [2.45, 2.75) is 27.3 Å². The molecule has 0 aliphatic carbocycles. The molecule has 0 aliphatic rings. The fourth-order valence-electron chi connectivity index (χ4n) is 2.48. The summed E-state index contributed by atoms with van der Waals surface area (Å²) in [6.45, 7) is 6.35. The molecule has 0 bridgehead atoms. The molecule has 3 rings (SSSR count). The summed E-state index contributed by atoms with van der Waals surface area (Å²) in [6.07, 6.45) is 3.12. The van der Waals surface area contributed by atoms with Crippen molar-refractivity contribution in [2.24, 2.45) is 0 Å². The van der Waals surface area contributed by atoms with E-state index < -0.39 is 0 Å². The Balaban J connectivity index is 1.82. The highest BCUT2D eigenvalue weighted by Crippen LogP contribution is 2.29. The van der Waals surface area contributed by atoms with Crippen LogP contribution in [0.4, 0.5) is 4.39 Å². The number of aryl methyl sites for hydroxylation is 2. The first-order valence-corrected chi connectivity index (χ1v) is 8.71. The van der Waals surface area contributed by atoms with Crippen LogP contribution in [-0.2, 0) is 11.3 Å². The van der Waals surface area contributed by atoms with Crippen molar-refractivity contribution in [1.82, 2.24) is 14.8 Å². The third kappa shape index (κ3) is 3.93. The summed E-state index contributed by atoms with van der Waals surface area (Å²) in [6, 6.07) is 4.89. The zero-order valence-electron chi connectivity index (χ0n) is 14.2. The van der Waals surface area contributed by atoms with Gasteiger partial charge in [0, 0.05) is 16.6 Å². The van der Waals surface area contributed by atoms with E-state index >= 15 is 0 Å². The molecule has 2 heterocycles. The topological polar surface area (TPSA) is 57.0 Å². The lowest BCUT2D eigenvalue weighted by atomic mass is 10.1. The molecular formula is C18H18FN3O2S. The zero-order valence-corrected chi connectivity index (χ0v) is 15.1. The number of carbonyl (C=O) groups excluding carboxylic acids is 1. The number of thiazole rings is 1. The van der Waals surface area contributed by atoms with Crippen molar-refractivity contribution in [1.29, 1.82) is 0 Å². The fraction of sp³-hybridized carbons (Fsp3) is 0.278. The number of nitrogens with zero attached hydrogens (tertiary/aromatic N) is 3. The van der Waals surface area contributed by atoms with Crippen LogP contribution in [0.25, 0.3) is 10.6 Å². The molecule has 0 saturated heterocycles. The summed E-state index contributed by atoms with van der Waals surface area (Å²) in [7, 11) is 0. The van der Waals surface area contributed by atoms with Crippen LogP contribution in [0, 0.1) is 19.7 Å². The highest BCUT2D eigenvalue weighted by Gasteiger charge is 2.14. The Bertz CT molecular complexity index is 897. The van der Waals surface area contributed by atoms with Gasteiger partial charge in [-0.15, -0.1) is 11.3 Å². The summed E-state index contributed by atoms with van der Waals surface area (Å²) in [5.41, 5.74) is 2.89. The number of halogens is 1. The average molecular weight is 359 g/mol. The van der Waals surface area contributed by atoms with Gasteiger partial charge in [0.2, 0.25) is 0 Å². The lowest BCUT2D eigenvalue weighted by Crippen LogP contribution is -2.04. The Morgan fingerprint density at radius 2 is 2.12 bits per heavy atom. The van der Waals surface area contributed by atoms with Gasteiger partial charge in [-0.2, -0.15) is 5.10 Å². The molecule has 7 heteroatoms. The minimum absolute atomic E-state index is 0.268. The largest absolute Gasteiger partial charge is 0.462 e. The number of carbonyl (C=O) groups is 1. The van der Waals surface area contributed by atoms with E-state index in [4.69, 9.17) is 4.74 Å². The predicted molar refractivity (Wildman–Crippen MR) is 94.3 cm³/mol. The van der Waals surface area contributed by atoms with Gasteiger partial charge in [0.1, 0.15) is 10.8 Å². The maximum Gasteiger partial charge on any atom is 0.341 e. The molecule has 0 N–H and O–H groups in total. The van der Waals surface area contributed by atoms with Crippen LogP contribution in [0.3, 0.4) is 0 Å². The Hall–Kier alpha value is -2.54. The van der Waals surface area contributed by atoms with E-state index in [1.165, 1.54) is 29.7 Å². The SMILES string of the molecule is CCOC(=O)c1cnn(Cc2nc(-c3cc(C)cc(F)c3)sc2C)c1. The smallest absolute Gasteiger partial charge is 0.341 e. The van der Waals surface area contributed by atoms with Gasteiger partial charge in [-0.05, 0) is 44.5 Å². The maximum absolute atomic E-state index is 13.6. The molecule has 0 radical (unpaired) electrons. The van der Waals surface area contributed by atoms with Crippen molar-refractivity contribution < 1.29 is 13.9 Å². The van der Waals surface area contributed by atoms with Crippen molar-refractivity contribution in [3.05, 3.63) is 58.1 Å². The molecule has 130 valence electrons. The van der Waals surface area contributed by atoms with Gasteiger partial charge in [-0.1, -0.05) is 0 Å². The third-order valence-electron chi connectivity index (χ3n) is 3.64. The van der Waals surface area contributed by atoms with E-state index in [0.717, 1.165) is 26.7 Å². The summed E-state index contributed by atoms with van der Waals surface area (Å²) >= 11 is 1.51. The number of aromatic nitrogens is 3. The summed E-state index contributed by atoms with van der Waals surface area (Å²) in [5, 5.41) is 4.96. The van der Waals surface area contributed by atoms with E-state index in [1.54, 1.807) is 17.8 Å². The van der Waals surface area contributed by atoms with Gasteiger partial charge >= 0.3 is 5.97 Å². The van der Waals surface area contributed by atoms with E-state index in [9.17, 15) is 9.18 Å². The molecule has 0 saturated carbocycles. The van der Waals surface area contributed by atoms with Crippen LogP contribution >= 0.6 is 11.3 Å². The molecule has 2 aromatic heterocycles. The Morgan fingerprint density at radius 3 is 2.84 bits per heavy atom. The second-order valence-corrected chi connectivity index (χ2v) is 6.89. The Kier molecular flexibility index (Phi) is 4.94. The monoisotopic (exact) mass is 359 g/mol. The van der Waals surface area contributed by atoms with E-state index in [1.807, 2.05) is 19.9 Å². The molecule has 0 amide bonds. The Labute approximate surface area is 149 Å². The predicted octanol–water partition coefficient (Wildman–Crippen LogP) is 3.99. The fourth-order valence-corrected chi connectivity index (χ4v) is 3.39. The summed E-state index contributed by atoms with van der Waals surface area (Å²) < 4.78 is 20.2. The summed E-state index contributed by atoms with van der Waals surface area (Å²) in [4.78, 5) is 17.4. The van der Waals surface area contributed by atoms with Crippen LogP contribution in [-0.4, -0.2) is 27.3 Å². The molecule has 0 fully saturated rings. The lowest BCUT2D eigenvalue weighted by molar-refractivity contribution is 0.0526. The zero-order chi connectivity index (χ0) is 18.0. The highest BCUT2D eigenvalue weighted by atomic mass is 32.1. The van der Waals surface area contributed by atoms with Gasteiger partial charge in [0.15, 0.2) is 0 Å². The quantitative estimate of drug-likeness (QED) is 0.647. The number of rotatable bonds is 5. The van der Waals surface area contributed by atoms with Gasteiger partial charge in [-0.3, -0.25) is 4.68 Å². The van der Waals surface area contributed by atoms with Gasteiger partial charge in [0.05, 0.1) is 30.6 Å². The first kappa shape index (κ1) is 17.3. The summed E-state index contributed by atoms with van der Waals surface area (Å²) in [5.74, 6) is -0.657. The van der Waals surface area contributed by atoms with Gasteiger partial charge in [-0.25, -0.2) is 14.2 Å². The standard InChI is InChI=1S/C18H18FN3O2S/c1-4-24-18(23)14-8-20-22(9-14)10-16-12(3)25-17(21-16)13-5-11(2)6-15(19)7-13/h5-9H,4,10H2,1-3H3. The third-order valence-corrected chi connectivity index (χ3v) is 4.70. The number of ether oxygens (including phenoxy) is 1. The number of hydrogen-bond acceptors (Lipinski definition) is 5. The molecular weight excluding hydrogens is 341 g/mol. The average Bonchev–Trinajstić information content (AvgIpc) is 3.15. The number of hydrogen-bond donors (Lipinski definition) is 0. The first-order chi connectivity index (χ1) is 12.0. The molecule has 25 heavy (non-hydrogen) atoms. The van der Waals surface area contributed by atoms with Crippen LogP contribution in [0.15, 0.2) is 30.6 Å². The lowest BCUT2D eigenvalue weighted by Gasteiger charge is -2.00. The van der Waals surface area contributed by atoms with Gasteiger partial charge < -0.3 is 4.74 Å². The van der Waals surface area contributed by atoms with Gasteiger partial charge in [0.25, 0.3) is 0 Å². The molecule has 0 unspecified atom stereocenters. The molecule has 0 spiro atoms. The maximum atomic E-state index is 13.6. The molecule has 0 aliphatic heterocycles. The second kappa shape index (κ2) is 7.14. The van der Waals surface area contributed by atoms with Crippen LogP contribution < -0.4 is 0 Å².